The van der Waals surface area contributed by atoms with Crippen molar-refractivity contribution in [2.24, 2.45) is 16.5 Å². The standard InChI is InChI=1S/C8H12N4O2/c1-3-7(12(13)14)5-4-6(2)11-8(9)10/h3-5H,2H2,1H3,(H4,9,10,11)/b5-4-,7-3+. The van der Waals surface area contributed by atoms with Crippen molar-refractivity contribution >= 4 is 5.96 Å². The van der Waals surface area contributed by atoms with Gasteiger partial charge >= 0.3 is 0 Å². The third kappa shape index (κ3) is 4.70. The lowest BCUT2D eigenvalue weighted by molar-refractivity contribution is -0.419. The first kappa shape index (κ1) is 11.9. The Morgan fingerprint density at radius 2 is 2.07 bits per heavy atom. The van der Waals surface area contributed by atoms with Gasteiger partial charge in [-0.3, -0.25) is 10.1 Å². The van der Waals surface area contributed by atoms with Gasteiger partial charge in [-0.15, -0.1) is 0 Å². The average Bonchev–Trinajstić information content (AvgIpc) is 2.03. The second kappa shape index (κ2) is 5.52. The van der Waals surface area contributed by atoms with E-state index in [-0.39, 0.29) is 17.4 Å². The van der Waals surface area contributed by atoms with Crippen LogP contribution in [0.5, 0.6) is 0 Å². The summed E-state index contributed by atoms with van der Waals surface area (Å²) in [5.74, 6) is -0.136. The molecule has 0 heterocycles. The number of nitrogens with two attached hydrogens (primary N) is 2. The molecule has 0 fully saturated rings. The van der Waals surface area contributed by atoms with E-state index in [4.69, 9.17) is 11.5 Å². The van der Waals surface area contributed by atoms with Gasteiger partial charge in [0, 0.05) is 6.08 Å². The van der Waals surface area contributed by atoms with Crippen molar-refractivity contribution in [3.63, 3.8) is 0 Å². The summed E-state index contributed by atoms with van der Waals surface area (Å²) in [6.45, 7) is 5.04. The summed E-state index contributed by atoms with van der Waals surface area (Å²) in [4.78, 5) is 13.4. The zero-order valence-corrected chi connectivity index (χ0v) is 7.80. The Balaban J connectivity index is 4.52. The van der Waals surface area contributed by atoms with E-state index in [1.54, 1.807) is 6.92 Å². The smallest absolute Gasteiger partial charge is 0.265 e. The molecular weight excluding hydrogens is 184 g/mol. The maximum Gasteiger partial charge on any atom is 0.265 e. The van der Waals surface area contributed by atoms with Gasteiger partial charge in [0.1, 0.15) is 0 Å². The Bertz CT molecular complexity index is 324. The van der Waals surface area contributed by atoms with Crippen LogP contribution in [0.2, 0.25) is 0 Å². The summed E-state index contributed by atoms with van der Waals surface area (Å²) in [5.41, 5.74) is 10.4. The highest BCUT2D eigenvalue weighted by Crippen LogP contribution is 2.01. The molecule has 14 heavy (non-hydrogen) atoms. The first-order chi connectivity index (χ1) is 6.47. The zero-order chi connectivity index (χ0) is 11.1. The number of nitro groups is 1. The van der Waals surface area contributed by atoms with Crippen LogP contribution in [-0.4, -0.2) is 10.9 Å². The van der Waals surface area contributed by atoms with Gasteiger partial charge < -0.3 is 11.5 Å². The summed E-state index contributed by atoms with van der Waals surface area (Å²) >= 11 is 0. The summed E-state index contributed by atoms with van der Waals surface area (Å²) < 4.78 is 0. The van der Waals surface area contributed by atoms with Gasteiger partial charge in [-0.2, -0.15) is 0 Å². The van der Waals surface area contributed by atoms with Crippen LogP contribution in [0.15, 0.2) is 41.2 Å². The van der Waals surface area contributed by atoms with E-state index in [0.29, 0.717) is 0 Å². The summed E-state index contributed by atoms with van der Waals surface area (Å²) in [5, 5.41) is 10.3. The molecule has 0 rings (SSSR count). The molecule has 0 aliphatic carbocycles. The number of hydrogen-bond acceptors (Lipinski definition) is 3. The number of aliphatic imine (C=N–C) groups is 1. The SMILES string of the molecule is C=C(/C=C\C(=C/C)[N+](=O)[O-])N=C(N)N. The van der Waals surface area contributed by atoms with Crippen LogP contribution < -0.4 is 11.5 Å². The molecular formula is C8H12N4O2. The van der Waals surface area contributed by atoms with Crippen molar-refractivity contribution < 1.29 is 4.92 Å². The minimum absolute atomic E-state index is 0.0445. The Hall–Kier alpha value is -2.11. The van der Waals surface area contributed by atoms with Gasteiger partial charge in [-0.05, 0) is 19.1 Å². The molecule has 76 valence electrons. The van der Waals surface area contributed by atoms with Gasteiger partial charge in [0.05, 0.1) is 10.6 Å². The number of hydrogen-bond donors (Lipinski definition) is 2. The topological polar surface area (TPSA) is 108 Å². The minimum Gasteiger partial charge on any atom is -0.370 e. The Labute approximate surface area is 81.5 Å². The summed E-state index contributed by atoms with van der Waals surface area (Å²) in [7, 11) is 0. The molecule has 0 aliphatic rings. The maximum atomic E-state index is 10.3. The third-order valence-corrected chi connectivity index (χ3v) is 1.23. The molecule has 0 saturated carbocycles. The van der Waals surface area contributed by atoms with Crippen molar-refractivity contribution in [3.05, 3.63) is 46.3 Å². The highest BCUT2D eigenvalue weighted by molar-refractivity contribution is 5.77. The maximum absolute atomic E-state index is 10.3. The molecule has 0 saturated heterocycles. The molecule has 6 heteroatoms. The summed E-state index contributed by atoms with van der Waals surface area (Å²) in [6.07, 6.45) is 3.99. The zero-order valence-electron chi connectivity index (χ0n) is 7.80. The number of rotatable bonds is 4. The van der Waals surface area contributed by atoms with Gasteiger partial charge in [-0.25, -0.2) is 4.99 Å². The van der Waals surface area contributed by atoms with Crippen LogP contribution in [0.4, 0.5) is 0 Å². The quantitative estimate of drug-likeness (QED) is 0.224. The van der Waals surface area contributed by atoms with Gasteiger partial charge in [-0.1, -0.05) is 6.58 Å². The molecule has 0 unspecified atom stereocenters. The Morgan fingerprint density at radius 3 is 2.43 bits per heavy atom. The largest absolute Gasteiger partial charge is 0.370 e. The van der Waals surface area contributed by atoms with E-state index in [9.17, 15) is 10.1 Å². The van der Waals surface area contributed by atoms with Crippen LogP contribution in [-0.2, 0) is 0 Å². The second-order valence-corrected chi connectivity index (χ2v) is 2.33. The average molecular weight is 196 g/mol. The molecule has 0 aliphatic heterocycles. The Morgan fingerprint density at radius 1 is 1.50 bits per heavy atom. The monoisotopic (exact) mass is 196 g/mol. The Kier molecular flexibility index (Phi) is 4.69. The molecule has 0 aromatic heterocycles. The van der Waals surface area contributed by atoms with E-state index < -0.39 is 4.92 Å². The molecule has 6 nitrogen and oxygen atoms in total. The van der Waals surface area contributed by atoms with Crippen molar-refractivity contribution in [1.82, 2.24) is 0 Å². The number of guanidine groups is 1. The van der Waals surface area contributed by atoms with Crippen molar-refractivity contribution in [2.45, 2.75) is 6.92 Å². The molecule has 0 aromatic carbocycles. The normalized spacial score (nSPS) is 11.4. The molecule has 0 spiro atoms. The fraction of sp³-hybridized carbons (Fsp3) is 0.125. The van der Waals surface area contributed by atoms with Crippen LogP contribution in [0, 0.1) is 10.1 Å². The molecule has 0 amide bonds. The lowest BCUT2D eigenvalue weighted by Gasteiger charge is -1.92. The molecule has 0 radical (unpaired) electrons. The first-order valence-electron chi connectivity index (χ1n) is 3.74. The van der Waals surface area contributed by atoms with Gasteiger partial charge in [0.2, 0.25) is 0 Å². The third-order valence-electron chi connectivity index (χ3n) is 1.23. The van der Waals surface area contributed by atoms with Gasteiger partial charge in [0.25, 0.3) is 5.70 Å². The lowest BCUT2D eigenvalue weighted by Crippen LogP contribution is -2.22. The molecule has 0 aromatic rings. The highest BCUT2D eigenvalue weighted by atomic mass is 16.6. The second-order valence-electron chi connectivity index (χ2n) is 2.33. The number of nitrogens with zero attached hydrogens (tertiary/aromatic N) is 2. The van der Waals surface area contributed by atoms with E-state index in [0.717, 1.165) is 0 Å². The van der Waals surface area contributed by atoms with Crippen LogP contribution in [0.3, 0.4) is 0 Å². The number of allylic oxidation sites excluding steroid dienone is 3. The van der Waals surface area contributed by atoms with Crippen molar-refractivity contribution in [1.29, 1.82) is 0 Å². The van der Waals surface area contributed by atoms with E-state index >= 15 is 0 Å². The molecule has 0 bridgehead atoms. The fourth-order valence-electron chi connectivity index (χ4n) is 0.647. The first-order valence-corrected chi connectivity index (χ1v) is 3.74. The minimum atomic E-state index is -0.515. The van der Waals surface area contributed by atoms with Crippen molar-refractivity contribution in [2.75, 3.05) is 0 Å². The predicted octanol–water partition coefficient (Wildman–Crippen LogP) is 0.510. The van der Waals surface area contributed by atoms with Crippen LogP contribution in [0.1, 0.15) is 6.92 Å². The van der Waals surface area contributed by atoms with E-state index in [1.165, 1.54) is 18.2 Å². The van der Waals surface area contributed by atoms with Crippen LogP contribution >= 0.6 is 0 Å². The van der Waals surface area contributed by atoms with Gasteiger partial charge in [0.15, 0.2) is 5.96 Å². The van der Waals surface area contributed by atoms with Crippen LogP contribution in [0.25, 0.3) is 0 Å². The molecule has 4 N–H and O–H groups in total. The fourth-order valence-corrected chi connectivity index (χ4v) is 0.647. The van der Waals surface area contributed by atoms with E-state index in [1.807, 2.05) is 0 Å². The summed E-state index contributed by atoms with van der Waals surface area (Å²) in [6, 6.07) is 0. The lowest BCUT2D eigenvalue weighted by atomic mass is 10.3. The van der Waals surface area contributed by atoms with E-state index in [2.05, 4.69) is 11.6 Å². The van der Waals surface area contributed by atoms with Crippen molar-refractivity contribution in [3.8, 4) is 0 Å². The molecule has 0 atom stereocenters. The predicted molar refractivity (Wildman–Crippen MR) is 54.8 cm³/mol. The highest BCUT2D eigenvalue weighted by Gasteiger charge is 2.02.